The third-order valence-electron chi connectivity index (χ3n) is 4.88. The summed E-state index contributed by atoms with van der Waals surface area (Å²) in [5, 5.41) is 3.14. The molecule has 1 aliphatic heterocycles. The smallest absolute Gasteiger partial charge is 0.220 e. The van der Waals surface area contributed by atoms with Crippen molar-refractivity contribution in [1.82, 2.24) is 10.3 Å². The van der Waals surface area contributed by atoms with Crippen molar-refractivity contribution >= 4 is 5.91 Å². The normalized spacial score (nSPS) is 18.9. The number of methoxy groups -OCH3 is 2. The molecule has 0 bridgehead atoms. The molecule has 2 aromatic rings. The molecule has 1 aromatic heterocycles. The number of hydrogen-bond donors (Lipinski definition) is 1. The van der Waals surface area contributed by atoms with Crippen LogP contribution in [0, 0.1) is 5.92 Å². The maximum atomic E-state index is 12.4. The fourth-order valence-corrected chi connectivity index (χ4v) is 3.35. The monoisotopic (exact) mass is 370 g/mol. The van der Waals surface area contributed by atoms with Crippen LogP contribution in [0.25, 0.3) is 0 Å². The number of benzene rings is 1. The summed E-state index contributed by atoms with van der Waals surface area (Å²) in [6.45, 7) is 1.24. The highest BCUT2D eigenvalue weighted by atomic mass is 16.5. The Labute approximate surface area is 159 Å². The van der Waals surface area contributed by atoms with Gasteiger partial charge in [0.1, 0.15) is 0 Å². The van der Waals surface area contributed by atoms with Crippen LogP contribution in [0.5, 0.6) is 11.5 Å². The number of ether oxygens (including phenoxy) is 3. The van der Waals surface area contributed by atoms with Crippen LogP contribution < -0.4 is 14.8 Å². The molecule has 2 heterocycles. The Hall–Kier alpha value is -2.60. The molecule has 6 heteroatoms. The lowest BCUT2D eigenvalue weighted by Crippen LogP contribution is -2.40. The maximum Gasteiger partial charge on any atom is 0.220 e. The lowest BCUT2D eigenvalue weighted by molar-refractivity contribution is -0.122. The SMILES string of the molecule is COc1ccc(CCC(=O)N[C@@H]2COC[C@H]2Cc2ccncc2)cc1OC. The van der Waals surface area contributed by atoms with Crippen LogP contribution in [0.3, 0.4) is 0 Å². The van der Waals surface area contributed by atoms with Gasteiger partial charge in [-0.2, -0.15) is 0 Å². The number of hydrogen-bond acceptors (Lipinski definition) is 5. The molecule has 1 N–H and O–H groups in total. The van der Waals surface area contributed by atoms with Crippen molar-refractivity contribution in [2.24, 2.45) is 5.92 Å². The summed E-state index contributed by atoms with van der Waals surface area (Å²) in [4.78, 5) is 16.5. The molecule has 1 fully saturated rings. The highest BCUT2D eigenvalue weighted by molar-refractivity contribution is 5.76. The molecule has 27 heavy (non-hydrogen) atoms. The predicted octanol–water partition coefficient (Wildman–Crippen LogP) is 2.41. The van der Waals surface area contributed by atoms with E-state index in [0.717, 1.165) is 12.0 Å². The highest BCUT2D eigenvalue weighted by Crippen LogP contribution is 2.28. The molecule has 0 spiro atoms. The Balaban J connectivity index is 1.51. The number of carbonyl (C=O) groups is 1. The minimum Gasteiger partial charge on any atom is -0.493 e. The van der Waals surface area contributed by atoms with Gasteiger partial charge in [-0.15, -0.1) is 0 Å². The lowest BCUT2D eigenvalue weighted by Gasteiger charge is -2.19. The topological polar surface area (TPSA) is 69.7 Å². The Bertz CT molecular complexity index is 751. The van der Waals surface area contributed by atoms with E-state index in [2.05, 4.69) is 10.3 Å². The number of pyridine rings is 1. The second kappa shape index (κ2) is 9.37. The summed E-state index contributed by atoms with van der Waals surface area (Å²) in [7, 11) is 3.22. The molecular weight excluding hydrogens is 344 g/mol. The number of carbonyl (C=O) groups excluding carboxylic acids is 1. The summed E-state index contributed by atoms with van der Waals surface area (Å²) >= 11 is 0. The molecule has 0 unspecified atom stereocenters. The van der Waals surface area contributed by atoms with Crippen LogP contribution in [0.4, 0.5) is 0 Å². The zero-order chi connectivity index (χ0) is 19.1. The van der Waals surface area contributed by atoms with Gasteiger partial charge in [-0.25, -0.2) is 0 Å². The summed E-state index contributed by atoms with van der Waals surface area (Å²) in [6, 6.07) is 9.80. The molecule has 144 valence electrons. The molecule has 6 nitrogen and oxygen atoms in total. The summed E-state index contributed by atoms with van der Waals surface area (Å²) in [5.41, 5.74) is 2.25. The van der Waals surface area contributed by atoms with Gasteiger partial charge in [-0.1, -0.05) is 6.07 Å². The molecule has 3 rings (SSSR count). The fourth-order valence-electron chi connectivity index (χ4n) is 3.35. The number of nitrogens with one attached hydrogen (secondary N) is 1. The van der Waals surface area contributed by atoms with Crippen LogP contribution in [-0.2, 0) is 22.4 Å². The minimum absolute atomic E-state index is 0.0417. The number of nitrogens with zero attached hydrogens (tertiary/aromatic N) is 1. The molecule has 2 atom stereocenters. The summed E-state index contributed by atoms with van der Waals surface area (Å²) in [5.74, 6) is 1.70. The van der Waals surface area contributed by atoms with Gasteiger partial charge in [0.2, 0.25) is 5.91 Å². The highest BCUT2D eigenvalue weighted by Gasteiger charge is 2.29. The third-order valence-corrected chi connectivity index (χ3v) is 4.88. The van der Waals surface area contributed by atoms with Crippen LogP contribution in [-0.4, -0.2) is 44.4 Å². The van der Waals surface area contributed by atoms with E-state index in [1.807, 2.05) is 30.3 Å². The zero-order valence-corrected chi connectivity index (χ0v) is 15.8. The van der Waals surface area contributed by atoms with Gasteiger partial charge in [0, 0.05) is 24.7 Å². The van der Waals surface area contributed by atoms with E-state index in [-0.39, 0.29) is 17.9 Å². The quantitative estimate of drug-likeness (QED) is 0.773. The van der Waals surface area contributed by atoms with E-state index in [1.54, 1.807) is 26.6 Å². The van der Waals surface area contributed by atoms with Crippen LogP contribution in [0.1, 0.15) is 17.5 Å². The Morgan fingerprint density at radius 2 is 1.89 bits per heavy atom. The number of aromatic nitrogens is 1. The van der Waals surface area contributed by atoms with Gasteiger partial charge < -0.3 is 19.5 Å². The van der Waals surface area contributed by atoms with Crippen molar-refractivity contribution in [1.29, 1.82) is 0 Å². The minimum atomic E-state index is 0.0417. The summed E-state index contributed by atoms with van der Waals surface area (Å²) in [6.07, 6.45) is 5.54. The third kappa shape index (κ3) is 5.20. The number of aryl methyl sites for hydroxylation is 1. The second-order valence-corrected chi connectivity index (χ2v) is 6.72. The second-order valence-electron chi connectivity index (χ2n) is 6.72. The van der Waals surface area contributed by atoms with Gasteiger partial charge in [-0.05, 0) is 48.2 Å². The molecule has 1 aliphatic rings. The van der Waals surface area contributed by atoms with Gasteiger partial charge in [-0.3, -0.25) is 9.78 Å². The van der Waals surface area contributed by atoms with E-state index in [0.29, 0.717) is 37.6 Å². The van der Waals surface area contributed by atoms with E-state index in [9.17, 15) is 4.79 Å². The number of rotatable bonds is 8. The maximum absolute atomic E-state index is 12.4. The Morgan fingerprint density at radius 3 is 2.63 bits per heavy atom. The van der Waals surface area contributed by atoms with Gasteiger partial charge >= 0.3 is 0 Å². The lowest BCUT2D eigenvalue weighted by atomic mass is 9.95. The van der Waals surface area contributed by atoms with Crippen LogP contribution in [0.15, 0.2) is 42.7 Å². The van der Waals surface area contributed by atoms with Crippen molar-refractivity contribution < 1.29 is 19.0 Å². The Kier molecular flexibility index (Phi) is 6.65. The van der Waals surface area contributed by atoms with E-state index < -0.39 is 0 Å². The van der Waals surface area contributed by atoms with Crippen molar-refractivity contribution in [3.63, 3.8) is 0 Å². The van der Waals surface area contributed by atoms with Crippen LogP contribution >= 0.6 is 0 Å². The summed E-state index contributed by atoms with van der Waals surface area (Å²) < 4.78 is 16.2. The van der Waals surface area contributed by atoms with Crippen molar-refractivity contribution in [2.75, 3.05) is 27.4 Å². The van der Waals surface area contributed by atoms with Crippen molar-refractivity contribution in [3.05, 3.63) is 53.9 Å². The van der Waals surface area contributed by atoms with Gasteiger partial charge in [0.05, 0.1) is 33.5 Å². The molecule has 0 saturated carbocycles. The van der Waals surface area contributed by atoms with E-state index in [4.69, 9.17) is 14.2 Å². The molecule has 0 aliphatic carbocycles. The average Bonchev–Trinajstić information content (AvgIpc) is 3.13. The van der Waals surface area contributed by atoms with Gasteiger partial charge in [0.25, 0.3) is 0 Å². The van der Waals surface area contributed by atoms with Crippen LogP contribution in [0.2, 0.25) is 0 Å². The first kappa shape index (κ1) is 19.2. The molecule has 0 radical (unpaired) electrons. The average molecular weight is 370 g/mol. The molecule has 1 saturated heterocycles. The first-order valence-corrected chi connectivity index (χ1v) is 9.16. The predicted molar refractivity (Wildman–Crippen MR) is 102 cm³/mol. The molecule has 1 amide bonds. The molecular formula is C21H26N2O4. The molecule has 1 aromatic carbocycles. The fraction of sp³-hybridized carbons (Fsp3) is 0.429. The van der Waals surface area contributed by atoms with E-state index in [1.165, 1.54) is 5.56 Å². The van der Waals surface area contributed by atoms with Crippen molar-refractivity contribution in [2.45, 2.75) is 25.3 Å². The number of amides is 1. The van der Waals surface area contributed by atoms with Gasteiger partial charge in [0.15, 0.2) is 11.5 Å². The Morgan fingerprint density at radius 1 is 1.11 bits per heavy atom. The van der Waals surface area contributed by atoms with E-state index >= 15 is 0 Å². The standard InChI is InChI=1S/C21H26N2O4/c1-25-19-5-3-15(12-20(19)26-2)4-6-21(24)23-18-14-27-13-17(18)11-16-7-9-22-10-8-16/h3,5,7-10,12,17-18H,4,6,11,13-14H2,1-2H3,(H,23,24)/t17-,18-/m1/s1. The largest absolute Gasteiger partial charge is 0.493 e. The first-order valence-electron chi connectivity index (χ1n) is 9.16. The zero-order valence-electron chi connectivity index (χ0n) is 15.8. The van der Waals surface area contributed by atoms with Crippen molar-refractivity contribution in [3.8, 4) is 11.5 Å². The first-order chi connectivity index (χ1) is 13.2.